The zero-order chi connectivity index (χ0) is 13.1. The molecular formula is C11H15N3O2S. The summed E-state index contributed by atoms with van der Waals surface area (Å²) in [6.45, 7) is 0.393. The molecule has 0 atom stereocenters. The van der Waals surface area contributed by atoms with Gasteiger partial charge in [0.25, 0.3) is 0 Å². The van der Waals surface area contributed by atoms with Gasteiger partial charge in [-0.3, -0.25) is 0 Å². The number of hydrogen-bond acceptors (Lipinski definition) is 5. The molecule has 17 heavy (non-hydrogen) atoms. The predicted octanol–water partition coefficient (Wildman–Crippen LogP) is 0.621. The average molecular weight is 253 g/mol. The standard InChI is InChI=1S/C11H15N3O2S/c1-14(5-6-17(2,15)16)10-4-3-9(8-12)11(13)7-10/h3-4,7H,5-6,13H2,1-2H3. The molecule has 0 fully saturated rings. The van der Waals surface area contributed by atoms with E-state index in [9.17, 15) is 8.42 Å². The van der Waals surface area contributed by atoms with Gasteiger partial charge in [0.1, 0.15) is 15.9 Å². The molecule has 2 N–H and O–H groups in total. The minimum absolute atomic E-state index is 0.0867. The molecule has 0 aliphatic carbocycles. The number of nitriles is 1. The van der Waals surface area contributed by atoms with Crippen molar-refractivity contribution in [2.45, 2.75) is 0 Å². The molecule has 92 valence electrons. The highest BCUT2D eigenvalue weighted by atomic mass is 32.2. The molecule has 0 saturated carbocycles. The highest BCUT2D eigenvalue weighted by Crippen LogP contribution is 2.19. The molecule has 0 aromatic heterocycles. The van der Waals surface area contributed by atoms with Gasteiger partial charge in [-0.15, -0.1) is 0 Å². The highest BCUT2D eigenvalue weighted by molar-refractivity contribution is 7.90. The van der Waals surface area contributed by atoms with Gasteiger partial charge in [-0.2, -0.15) is 5.26 Å². The molecule has 0 aliphatic rings. The largest absolute Gasteiger partial charge is 0.398 e. The minimum Gasteiger partial charge on any atom is -0.398 e. The Morgan fingerprint density at radius 2 is 2.12 bits per heavy atom. The van der Waals surface area contributed by atoms with Crippen LogP contribution in [0.1, 0.15) is 5.56 Å². The quantitative estimate of drug-likeness (QED) is 0.795. The number of nitrogen functional groups attached to an aromatic ring is 1. The molecular weight excluding hydrogens is 238 g/mol. The van der Waals surface area contributed by atoms with Gasteiger partial charge < -0.3 is 10.6 Å². The summed E-state index contributed by atoms with van der Waals surface area (Å²) in [5, 5.41) is 8.74. The van der Waals surface area contributed by atoms with E-state index in [-0.39, 0.29) is 5.75 Å². The molecule has 0 unspecified atom stereocenters. The number of rotatable bonds is 4. The van der Waals surface area contributed by atoms with E-state index in [1.807, 2.05) is 6.07 Å². The monoisotopic (exact) mass is 253 g/mol. The van der Waals surface area contributed by atoms with Gasteiger partial charge in [-0.05, 0) is 18.2 Å². The van der Waals surface area contributed by atoms with E-state index in [4.69, 9.17) is 11.0 Å². The van der Waals surface area contributed by atoms with Crippen molar-refractivity contribution in [3.05, 3.63) is 23.8 Å². The van der Waals surface area contributed by atoms with E-state index >= 15 is 0 Å². The first-order valence-corrected chi connectivity index (χ1v) is 7.08. The number of benzene rings is 1. The van der Waals surface area contributed by atoms with Crippen molar-refractivity contribution in [1.29, 1.82) is 5.26 Å². The molecule has 5 nitrogen and oxygen atoms in total. The summed E-state index contributed by atoms with van der Waals surface area (Å²) < 4.78 is 22.1. The van der Waals surface area contributed by atoms with Crippen molar-refractivity contribution in [3.8, 4) is 6.07 Å². The van der Waals surface area contributed by atoms with Gasteiger partial charge >= 0.3 is 0 Å². The fourth-order valence-corrected chi connectivity index (χ4v) is 1.93. The van der Waals surface area contributed by atoms with Gasteiger partial charge in [0, 0.05) is 25.5 Å². The summed E-state index contributed by atoms with van der Waals surface area (Å²) in [7, 11) is -1.19. The topological polar surface area (TPSA) is 87.2 Å². The number of hydrogen-bond donors (Lipinski definition) is 1. The van der Waals surface area contributed by atoms with Crippen molar-refractivity contribution in [2.75, 3.05) is 36.2 Å². The first-order chi connectivity index (χ1) is 7.83. The average Bonchev–Trinajstić information content (AvgIpc) is 2.24. The molecule has 0 heterocycles. The summed E-state index contributed by atoms with van der Waals surface area (Å²) in [4.78, 5) is 1.79. The van der Waals surface area contributed by atoms with Crippen LogP contribution in [0.4, 0.5) is 11.4 Å². The van der Waals surface area contributed by atoms with Crippen LogP contribution >= 0.6 is 0 Å². The van der Waals surface area contributed by atoms with E-state index < -0.39 is 9.84 Å². The van der Waals surface area contributed by atoms with Crippen LogP contribution in [0.2, 0.25) is 0 Å². The summed E-state index contributed by atoms with van der Waals surface area (Å²) >= 11 is 0. The SMILES string of the molecule is CN(CCS(C)(=O)=O)c1ccc(C#N)c(N)c1. The van der Waals surface area contributed by atoms with Gasteiger partial charge in [0.2, 0.25) is 0 Å². The normalized spacial score (nSPS) is 10.9. The molecule has 6 heteroatoms. The lowest BCUT2D eigenvalue weighted by Gasteiger charge is -2.19. The Balaban J connectivity index is 2.80. The summed E-state index contributed by atoms with van der Waals surface area (Å²) in [5.74, 6) is 0.0867. The van der Waals surface area contributed by atoms with Crippen LogP contribution in [0.5, 0.6) is 0 Å². The van der Waals surface area contributed by atoms with Gasteiger partial charge in [-0.1, -0.05) is 0 Å². The molecule has 0 radical (unpaired) electrons. The first kappa shape index (κ1) is 13.3. The van der Waals surface area contributed by atoms with Crippen LogP contribution in [0, 0.1) is 11.3 Å². The lowest BCUT2D eigenvalue weighted by atomic mass is 10.1. The maximum absolute atomic E-state index is 11.0. The zero-order valence-electron chi connectivity index (χ0n) is 9.84. The zero-order valence-corrected chi connectivity index (χ0v) is 10.7. The first-order valence-electron chi connectivity index (χ1n) is 5.02. The maximum atomic E-state index is 11.0. The Bertz CT molecular complexity index is 546. The van der Waals surface area contributed by atoms with Gasteiger partial charge in [-0.25, -0.2) is 8.42 Å². The molecule has 1 aromatic rings. The van der Waals surface area contributed by atoms with Crippen LogP contribution in [0.25, 0.3) is 0 Å². The van der Waals surface area contributed by atoms with Crippen molar-refractivity contribution in [3.63, 3.8) is 0 Å². The molecule has 1 aromatic carbocycles. The lowest BCUT2D eigenvalue weighted by molar-refractivity contribution is 0.601. The van der Waals surface area contributed by atoms with Crippen molar-refractivity contribution < 1.29 is 8.42 Å². The maximum Gasteiger partial charge on any atom is 0.149 e. The number of nitrogens with zero attached hydrogens (tertiary/aromatic N) is 2. The number of sulfone groups is 1. The Hall–Kier alpha value is -1.74. The van der Waals surface area contributed by atoms with Crippen molar-refractivity contribution >= 4 is 21.2 Å². The predicted molar refractivity (Wildman–Crippen MR) is 68.6 cm³/mol. The fourth-order valence-electron chi connectivity index (χ4n) is 1.32. The van der Waals surface area contributed by atoms with E-state index in [1.54, 1.807) is 30.1 Å². The Morgan fingerprint density at radius 3 is 2.59 bits per heavy atom. The molecule has 0 amide bonds. The highest BCUT2D eigenvalue weighted by Gasteiger charge is 2.08. The lowest BCUT2D eigenvalue weighted by Crippen LogP contribution is -2.24. The second-order valence-electron chi connectivity index (χ2n) is 3.93. The van der Waals surface area contributed by atoms with Crippen molar-refractivity contribution in [2.24, 2.45) is 0 Å². The molecule has 0 spiro atoms. The van der Waals surface area contributed by atoms with Crippen molar-refractivity contribution in [1.82, 2.24) is 0 Å². The van der Waals surface area contributed by atoms with Crippen LogP contribution in [0.15, 0.2) is 18.2 Å². The van der Waals surface area contributed by atoms with E-state index in [1.165, 1.54) is 6.26 Å². The fraction of sp³-hybridized carbons (Fsp3) is 0.364. The number of anilines is 2. The molecule has 0 aliphatic heterocycles. The number of nitrogens with two attached hydrogens (primary N) is 1. The summed E-state index contributed by atoms with van der Waals surface area (Å²) in [6.07, 6.45) is 1.20. The molecule has 1 rings (SSSR count). The van der Waals surface area contributed by atoms with E-state index in [0.29, 0.717) is 17.8 Å². The Morgan fingerprint density at radius 1 is 1.47 bits per heavy atom. The van der Waals surface area contributed by atoms with E-state index in [0.717, 1.165) is 5.69 Å². The third-order valence-electron chi connectivity index (χ3n) is 2.39. The smallest absolute Gasteiger partial charge is 0.149 e. The minimum atomic E-state index is -2.98. The van der Waals surface area contributed by atoms with Crippen LogP contribution in [-0.2, 0) is 9.84 Å². The third-order valence-corrected chi connectivity index (χ3v) is 3.32. The second-order valence-corrected chi connectivity index (χ2v) is 6.19. The third kappa shape index (κ3) is 3.96. The van der Waals surface area contributed by atoms with E-state index in [2.05, 4.69) is 0 Å². The summed E-state index contributed by atoms with van der Waals surface area (Å²) in [5.41, 5.74) is 7.30. The summed E-state index contributed by atoms with van der Waals surface area (Å²) in [6, 6.07) is 7.02. The molecule has 0 saturated heterocycles. The van der Waals surface area contributed by atoms with Gasteiger partial charge in [0.15, 0.2) is 0 Å². The Kier molecular flexibility index (Phi) is 3.97. The molecule has 0 bridgehead atoms. The second kappa shape index (κ2) is 5.06. The Labute approximate surface area is 101 Å². The van der Waals surface area contributed by atoms with Gasteiger partial charge in [0.05, 0.1) is 17.0 Å². The van der Waals surface area contributed by atoms with Crippen LogP contribution in [0.3, 0.4) is 0 Å². The van der Waals surface area contributed by atoms with Crippen LogP contribution in [-0.4, -0.2) is 34.0 Å². The van der Waals surface area contributed by atoms with Crippen LogP contribution < -0.4 is 10.6 Å².